The molecule has 1 aliphatic rings. The van der Waals surface area contributed by atoms with Gasteiger partial charge in [0.2, 0.25) is 0 Å². The standard InChI is InChI=1S/C14H19NO3/c1-10-3-4-12(7-11(10)2)15-6-5-14(18,9-15)8-13(16)17/h3-4,7,18H,5-6,8-9H2,1-2H3,(H,16,17). The minimum Gasteiger partial charge on any atom is -0.481 e. The molecule has 4 nitrogen and oxygen atoms in total. The van der Waals surface area contributed by atoms with E-state index in [1.54, 1.807) is 0 Å². The molecule has 1 aromatic carbocycles. The molecule has 1 aromatic rings. The van der Waals surface area contributed by atoms with E-state index < -0.39 is 11.6 Å². The number of benzene rings is 1. The van der Waals surface area contributed by atoms with Crippen LogP contribution in [0.3, 0.4) is 0 Å². The van der Waals surface area contributed by atoms with Crippen molar-refractivity contribution in [3.05, 3.63) is 29.3 Å². The number of aliphatic hydroxyl groups is 1. The maximum Gasteiger partial charge on any atom is 0.306 e. The molecular weight excluding hydrogens is 230 g/mol. The molecule has 1 aliphatic heterocycles. The van der Waals surface area contributed by atoms with Crippen molar-refractivity contribution in [1.82, 2.24) is 0 Å². The second-order valence-electron chi connectivity index (χ2n) is 5.23. The van der Waals surface area contributed by atoms with E-state index >= 15 is 0 Å². The van der Waals surface area contributed by atoms with Crippen molar-refractivity contribution in [1.29, 1.82) is 0 Å². The van der Waals surface area contributed by atoms with Crippen molar-refractivity contribution < 1.29 is 15.0 Å². The first-order valence-electron chi connectivity index (χ1n) is 6.16. The van der Waals surface area contributed by atoms with E-state index in [1.165, 1.54) is 11.1 Å². The van der Waals surface area contributed by atoms with E-state index in [-0.39, 0.29) is 6.42 Å². The minimum atomic E-state index is -1.09. The minimum absolute atomic E-state index is 0.186. The summed E-state index contributed by atoms with van der Waals surface area (Å²) < 4.78 is 0. The van der Waals surface area contributed by atoms with Gasteiger partial charge in [-0.25, -0.2) is 0 Å². The number of anilines is 1. The lowest BCUT2D eigenvalue weighted by atomic mass is 9.99. The molecule has 0 bridgehead atoms. The number of β-amino-alcohol motifs (C(OH)–C–C–N with tert-alkyl or cyclic N) is 1. The van der Waals surface area contributed by atoms with Gasteiger partial charge >= 0.3 is 5.97 Å². The molecule has 1 unspecified atom stereocenters. The highest BCUT2D eigenvalue weighted by atomic mass is 16.4. The molecule has 0 amide bonds. The smallest absolute Gasteiger partial charge is 0.306 e. The van der Waals surface area contributed by atoms with Gasteiger partial charge in [0.05, 0.1) is 12.0 Å². The van der Waals surface area contributed by atoms with Crippen LogP contribution in [0, 0.1) is 13.8 Å². The van der Waals surface area contributed by atoms with Gasteiger partial charge in [-0.2, -0.15) is 0 Å². The lowest BCUT2D eigenvalue weighted by Gasteiger charge is -2.23. The Bertz CT molecular complexity index is 472. The van der Waals surface area contributed by atoms with Crippen LogP contribution < -0.4 is 4.90 Å². The molecule has 0 radical (unpaired) electrons. The van der Waals surface area contributed by atoms with Crippen molar-refractivity contribution in [3.8, 4) is 0 Å². The summed E-state index contributed by atoms with van der Waals surface area (Å²) in [5.74, 6) is -0.945. The largest absolute Gasteiger partial charge is 0.481 e. The zero-order valence-electron chi connectivity index (χ0n) is 10.8. The van der Waals surface area contributed by atoms with Gasteiger partial charge in [0.15, 0.2) is 0 Å². The topological polar surface area (TPSA) is 60.8 Å². The van der Waals surface area contributed by atoms with Gasteiger partial charge in [0.1, 0.15) is 0 Å². The molecule has 4 heteroatoms. The third-order valence-electron chi connectivity index (χ3n) is 3.67. The third-order valence-corrected chi connectivity index (χ3v) is 3.67. The average molecular weight is 249 g/mol. The molecule has 0 saturated carbocycles. The van der Waals surface area contributed by atoms with Crippen LogP contribution in [0.4, 0.5) is 5.69 Å². The van der Waals surface area contributed by atoms with Crippen LogP contribution in [0.15, 0.2) is 18.2 Å². The highest BCUT2D eigenvalue weighted by molar-refractivity contribution is 5.68. The van der Waals surface area contributed by atoms with E-state index in [9.17, 15) is 9.90 Å². The maximum absolute atomic E-state index is 10.7. The summed E-state index contributed by atoms with van der Waals surface area (Å²) in [5.41, 5.74) is 2.41. The van der Waals surface area contributed by atoms with Gasteiger partial charge in [0.25, 0.3) is 0 Å². The number of carbonyl (C=O) groups is 1. The van der Waals surface area contributed by atoms with E-state index in [4.69, 9.17) is 5.11 Å². The van der Waals surface area contributed by atoms with Crippen molar-refractivity contribution in [3.63, 3.8) is 0 Å². The van der Waals surface area contributed by atoms with Crippen LogP contribution in [-0.2, 0) is 4.79 Å². The van der Waals surface area contributed by atoms with Crippen LogP contribution in [-0.4, -0.2) is 34.9 Å². The number of nitrogens with zero attached hydrogens (tertiary/aromatic N) is 1. The highest BCUT2D eigenvalue weighted by Gasteiger charge is 2.38. The molecule has 2 N–H and O–H groups in total. The predicted octanol–water partition coefficient (Wildman–Crippen LogP) is 1.72. The first-order valence-corrected chi connectivity index (χ1v) is 6.16. The van der Waals surface area contributed by atoms with Gasteiger partial charge in [0, 0.05) is 18.8 Å². The molecule has 1 fully saturated rings. The van der Waals surface area contributed by atoms with Crippen molar-refractivity contribution in [2.75, 3.05) is 18.0 Å². The zero-order chi connectivity index (χ0) is 13.3. The molecule has 1 heterocycles. The van der Waals surface area contributed by atoms with Gasteiger partial charge in [-0.3, -0.25) is 4.79 Å². The number of hydrogen-bond donors (Lipinski definition) is 2. The lowest BCUT2D eigenvalue weighted by molar-refractivity contribution is -0.141. The van der Waals surface area contributed by atoms with Crippen molar-refractivity contribution in [2.45, 2.75) is 32.3 Å². The lowest BCUT2D eigenvalue weighted by Crippen LogP contribution is -2.35. The van der Waals surface area contributed by atoms with E-state index in [2.05, 4.69) is 30.9 Å². The first kappa shape index (κ1) is 12.9. The number of carboxylic acid groups (broad SMARTS) is 1. The van der Waals surface area contributed by atoms with Crippen LogP contribution >= 0.6 is 0 Å². The Morgan fingerprint density at radius 3 is 2.72 bits per heavy atom. The van der Waals surface area contributed by atoms with Gasteiger partial charge in [-0.15, -0.1) is 0 Å². The van der Waals surface area contributed by atoms with E-state index in [1.807, 2.05) is 6.07 Å². The normalized spacial score (nSPS) is 23.4. The van der Waals surface area contributed by atoms with Gasteiger partial charge in [-0.1, -0.05) is 6.07 Å². The quantitative estimate of drug-likeness (QED) is 0.856. The second kappa shape index (κ2) is 4.61. The zero-order valence-corrected chi connectivity index (χ0v) is 10.8. The van der Waals surface area contributed by atoms with E-state index in [0.717, 1.165) is 5.69 Å². The molecule has 0 aliphatic carbocycles. The predicted molar refractivity (Wildman–Crippen MR) is 69.9 cm³/mol. The van der Waals surface area contributed by atoms with Crippen LogP contribution in [0.1, 0.15) is 24.0 Å². The van der Waals surface area contributed by atoms with Crippen molar-refractivity contribution >= 4 is 11.7 Å². The highest BCUT2D eigenvalue weighted by Crippen LogP contribution is 2.30. The Hall–Kier alpha value is -1.55. The monoisotopic (exact) mass is 249 g/mol. The van der Waals surface area contributed by atoms with Crippen molar-refractivity contribution in [2.24, 2.45) is 0 Å². The fraction of sp³-hybridized carbons (Fsp3) is 0.500. The SMILES string of the molecule is Cc1ccc(N2CCC(O)(CC(=O)O)C2)cc1C. The summed E-state index contributed by atoms with van der Waals surface area (Å²) in [6.45, 7) is 5.20. The number of aryl methyl sites for hydroxylation is 2. The number of rotatable bonds is 3. The number of aliphatic carboxylic acids is 1. The molecular formula is C14H19NO3. The Morgan fingerprint density at radius 1 is 1.39 bits per heavy atom. The molecule has 18 heavy (non-hydrogen) atoms. The number of carboxylic acids is 1. The summed E-state index contributed by atoms with van der Waals surface area (Å²) in [5, 5.41) is 19.0. The Kier molecular flexibility index (Phi) is 3.30. The van der Waals surface area contributed by atoms with Crippen LogP contribution in [0.2, 0.25) is 0 Å². The Balaban J connectivity index is 2.12. The maximum atomic E-state index is 10.7. The van der Waals surface area contributed by atoms with Crippen LogP contribution in [0.25, 0.3) is 0 Å². The fourth-order valence-electron chi connectivity index (χ4n) is 2.42. The summed E-state index contributed by atoms with van der Waals surface area (Å²) in [6.07, 6.45) is 0.320. The molecule has 2 rings (SSSR count). The Morgan fingerprint density at radius 2 is 2.11 bits per heavy atom. The fourth-order valence-corrected chi connectivity index (χ4v) is 2.42. The van der Waals surface area contributed by atoms with Gasteiger partial charge in [-0.05, 0) is 43.5 Å². The summed E-state index contributed by atoms with van der Waals surface area (Å²) in [7, 11) is 0. The second-order valence-corrected chi connectivity index (χ2v) is 5.23. The first-order chi connectivity index (χ1) is 8.39. The molecule has 98 valence electrons. The van der Waals surface area contributed by atoms with Gasteiger partial charge < -0.3 is 15.1 Å². The average Bonchev–Trinajstić information content (AvgIpc) is 2.63. The Labute approximate surface area is 107 Å². The molecule has 1 saturated heterocycles. The molecule has 0 aromatic heterocycles. The number of hydrogen-bond acceptors (Lipinski definition) is 3. The molecule has 0 spiro atoms. The molecule has 1 atom stereocenters. The summed E-state index contributed by atoms with van der Waals surface area (Å²) in [6, 6.07) is 6.16. The van der Waals surface area contributed by atoms with Crippen LogP contribution in [0.5, 0.6) is 0 Å². The third kappa shape index (κ3) is 2.64. The van der Waals surface area contributed by atoms with E-state index in [0.29, 0.717) is 19.5 Å². The summed E-state index contributed by atoms with van der Waals surface area (Å²) in [4.78, 5) is 12.8. The summed E-state index contributed by atoms with van der Waals surface area (Å²) >= 11 is 0.